The van der Waals surface area contributed by atoms with Crippen LogP contribution in [-0.2, 0) is 6.42 Å². The van der Waals surface area contributed by atoms with E-state index in [0.717, 1.165) is 34.4 Å². The lowest BCUT2D eigenvalue weighted by Gasteiger charge is -2.11. The smallest absolute Gasteiger partial charge is 0.234 e. The van der Waals surface area contributed by atoms with Crippen LogP contribution in [0.4, 0.5) is 0 Å². The van der Waals surface area contributed by atoms with E-state index in [4.69, 9.17) is 4.74 Å². The van der Waals surface area contributed by atoms with E-state index >= 15 is 0 Å². The molecule has 0 saturated carbocycles. The molecule has 3 rings (SSSR count). The second-order valence-electron chi connectivity index (χ2n) is 4.57. The molecule has 2 aromatic heterocycles. The van der Waals surface area contributed by atoms with Gasteiger partial charge in [0.15, 0.2) is 10.8 Å². The summed E-state index contributed by atoms with van der Waals surface area (Å²) in [5.74, 6) is 1.76. The molecule has 0 fully saturated rings. The Balaban J connectivity index is 1.83. The van der Waals surface area contributed by atoms with E-state index in [1.54, 1.807) is 0 Å². The number of aryl methyl sites for hydroxylation is 1. The highest BCUT2D eigenvalue weighted by Crippen LogP contribution is 2.25. The Labute approximate surface area is 121 Å². The Hall–Kier alpha value is -1.95. The fourth-order valence-corrected chi connectivity index (χ4v) is 2.81. The van der Waals surface area contributed by atoms with Gasteiger partial charge in [0.05, 0.1) is 0 Å². The van der Waals surface area contributed by atoms with Crippen molar-refractivity contribution in [3.05, 3.63) is 41.2 Å². The molecule has 0 unspecified atom stereocenters. The van der Waals surface area contributed by atoms with E-state index in [9.17, 15) is 0 Å². The third-order valence-corrected chi connectivity index (χ3v) is 4.01. The van der Waals surface area contributed by atoms with Crippen LogP contribution in [0.3, 0.4) is 0 Å². The van der Waals surface area contributed by atoms with Gasteiger partial charge >= 0.3 is 0 Å². The van der Waals surface area contributed by atoms with Gasteiger partial charge in [0, 0.05) is 6.42 Å². The first-order chi connectivity index (χ1) is 9.78. The maximum absolute atomic E-state index is 5.89. The van der Waals surface area contributed by atoms with Crippen molar-refractivity contribution in [2.75, 3.05) is 0 Å². The molecule has 6 heteroatoms. The summed E-state index contributed by atoms with van der Waals surface area (Å²) in [6, 6.07) is 9.77. The maximum Gasteiger partial charge on any atom is 0.234 e. The summed E-state index contributed by atoms with van der Waals surface area (Å²) < 4.78 is 7.71. The lowest BCUT2D eigenvalue weighted by molar-refractivity contribution is 0.225. The third kappa shape index (κ3) is 2.51. The van der Waals surface area contributed by atoms with Gasteiger partial charge < -0.3 is 4.74 Å². The summed E-state index contributed by atoms with van der Waals surface area (Å²) in [5.41, 5.74) is 0. The summed E-state index contributed by atoms with van der Waals surface area (Å²) in [7, 11) is 0. The molecule has 5 nitrogen and oxygen atoms in total. The zero-order valence-electron chi connectivity index (χ0n) is 11.5. The molecule has 0 amide bonds. The first-order valence-corrected chi connectivity index (χ1v) is 7.52. The highest BCUT2D eigenvalue weighted by molar-refractivity contribution is 7.16. The molecule has 0 N–H and O–H groups in total. The molecule has 0 aliphatic carbocycles. The predicted molar refractivity (Wildman–Crippen MR) is 78.1 cm³/mol. The minimum atomic E-state index is -0.0985. The topological polar surface area (TPSA) is 52.3 Å². The van der Waals surface area contributed by atoms with Crippen LogP contribution in [0.2, 0.25) is 0 Å². The van der Waals surface area contributed by atoms with Gasteiger partial charge in [-0.05, 0) is 25.5 Å². The Morgan fingerprint density at radius 3 is 2.80 bits per heavy atom. The standard InChI is InChI=1S/C14H16N4OS/c1-3-7-12-15-16-14-18(12)17-13(20-14)10(2)19-11-8-5-4-6-9-11/h4-6,8-10H,3,7H2,1-2H3/t10-/m1/s1. The molecule has 0 aliphatic rings. The molecule has 0 spiro atoms. The van der Waals surface area contributed by atoms with Gasteiger partial charge in [-0.3, -0.25) is 0 Å². The summed E-state index contributed by atoms with van der Waals surface area (Å²) in [6.45, 7) is 4.12. The summed E-state index contributed by atoms with van der Waals surface area (Å²) >= 11 is 1.52. The number of fused-ring (bicyclic) bond motifs is 1. The number of hydrogen-bond acceptors (Lipinski definition) is 5. The number of hydrogen-bond donors (Lipinski definition) is 0. The zero-order valence-corrected chi connectivity index (χ0v) is 12.3. The Bertz CT molecular complexity index is 692. The molecule has 0 aliphatic heterocycles. The number of aromatic nitrogens is 4. The predicted octanol–water partition coefficient (Wildman–Crippen LogP) is 3.28. The van der Waals surface area contributed by atoms with Gasteiger partial charge in [0.2, 0.25) is 4.96 Å². The minimum Gasteiger partial charge on any atom is -0.483 e. The van der Waals surface area contributed by atoms with Crippen molar-refractivity contribution in [3.8, 4) is 5.75 Å². The van der Waals surface area contributed by atoms with Gasteiger partial charge in [-0.2, -0.15) is 9.61 Å². The number of rotatable bonds is 5. The normalized spacial score (nSPS) is 12.7. The Kier molecular flexibility index (Phi) is 3.64. The van der Waals surface area contributed by atoms with Gasteiger partial charge in [-0.1, -0.05) is 36.5 Å². The van der Waals surface area contributed by atoms with Crippen molar-refractivity contribution in [3.63, 3.8) is 0 Å². The Morgan fingerprint density at radius 2 is 2.05 bits per heavy atom. The number of ether oxygens (including phenoxy) is 1. The van der Waals surface area contributed by atoms with Crippen molar-refractivity contribution in [1.29, 1.82) is 0 Å². The van der Waals surface area contributed by atoms with E-state index in [1.807, 2.05) is 41.8 Å². The molecule has 20 heavy (non-hydrogen) atoms. The average molecular weight is 288 g/mol. The lowest BCUT2D eigenvalue weighted by Crippen LogP contribution is -2.04. The molecule has 1 aromatic carbocycles. The first kappa shape index (κ1) is 13.1. The molecule has 0 radical (unpaired) electrons. The number of nitrogens with zero attached hydrogens (tertiary/aromatic N) is 4. The molecule has 1 atom stereocenters. The van der Waals surface area contributed by atoms with Crippen LogP contribution in [-0.4, -0.2) is 19.8 Å². The van der Waals surface area contributed by atoms with Crippen molar-refractivity contribution in [1.82, 2.24) is 19.8 Å². The van der Waals surface area contributed by atoms with E-state index in [0.29, 0.717) is 0 Å². The zero-order chi connectivity index (χ0) is 13.9. The van der Waals surface area contributed by atoms with Gasteiger partial charge in [0.1, 0.15) is 11.9 Å². The molecule has 0 saturated heterocycles. The maximum atomic E-state index is 5.89. The SMILES string of the molecule is CCCc1nnc2sc([C@@H](C)Oc3ccccc3)nn12. The van der Waals surface area contributed by atoms with Crippen molar-refractivity contribution < 1.29 is 4.74 Å². The van der Waals surface area contributed by atoms with Gasteiger partial charge in [-0.15, -0.1) is 10.2 Å². The molecule has 104 valence electrons. The van der Waals surface area contributed by atoms with Crippen LogP contribution in [0.1, 0.15) is 37.2 Å². The van der Waals surface area contributed by atoms with E-state index < -0.39 is 0 Å². The summed E-state index contributed by atoms with van der Waals surface area (Å²) in [6.07, 6.45) is 1.82. The van der Waals surface area contributed by atoms with Crippen LogP contribution in [0.25, 0.3) is 4.96 Å². The average Bonchev–Trinajstić information content (AvgIpc) is 3.02. The fourth-order valence-electron chi connectivity index (χ4n) is 1.97. The molecule has 0 bridgehead atoms. The first-order valence-electron chi connectivity index (χ1n) is 6.70. The largest absolute Gasteiger partial charge is 0.483 e. The quantitative estimate of drug-likeness (QED) is 0.723. The van der Waals surface area contributed by atoms with E-state index in [1.165, 1.54) is 11.3 Å². The molecular weight excluding hydrogens is 272 g/mol. The molecular formula is C14H16N4OS. The third-order valence-electron chi connectivity index (χ3n) is 2.95. The van der Waals surface area contributed by atoms with Crippen LogP contribution < -0.4 is 4.74 Å². The highest BCUT2D eigenvalue weighted by Gasteiger charge is 2.16. The molecule has 3 aromatic rings. The van der Waals surface area contributed by atoms with Crippen LogP contribution in [0, 0.1) is 0 Å². The summed E-state index contributed by atoms with van der Waals surface area (Å²) in [5, 5.41) is 13.8. The summed E-state index contributed by atoms with van der Waals surface area (Å²) in [4.78, 5) is 0.826. The van der Waals surface area contributed by atoms with Gasteiger partial charge in [-0.25, -0.2) is 0 Å². The number of benzene rings is 1. The number of para-hydroxylation sites is 1. The van der Waals surface area contributed by atoms with Crippen LogP contribution >= 0.6 is 11.3 Å². The van der Waals surface area contributed by atoms with Crippen molar-refractivity contribution in [2.24, 2.45) is 0 Å². The van der Waals surface area contributed by atoms with Crippen molar-refractivity contribution in [2.45, 2.75) is 32.8 Å². The highest BCUT2D eigenvalue weighted by atomic mass is 32.1. The molecule has 2 heterocycles. The second kappa shape index (κ2) is 5.58. The van der Waals surface area contributed by atoms with Crippen molar-refractivity contribution >= 4 is 16.3 Å². The lowest BCUT2D eigenvalue weighted by atomic mass is 10.3. The fraction of sp³-hybridized carbons (Fsp3) is 0.357. The Morgan fingerprint density at radius 1 is 1.25 bits per heavy atom. The van der Waals surface area contributed by atoms with Crippen LogP contribution in [0.5, 0.6) is 5.75 Å². The van der Waals surface area contributed by atoms with Gasteiger partial charge in [0.25, 0.3) is 0 Å². The minimum absolute atomic E-state index is 0.0985. The monoisotopic (exact) mass is 288 g/mol. The van der Waals surface area contributed by atoms with E-state index in [2.05, 4.69) is 22.2 Å². The second-order valence-corrected chi connectivity index (χ2v) is 5.56. The van der Waals surface area contributed by atoms with E-state index in [-0.39, 0.29) is 6.10 Å². The van der Waals surface area contributed by atoms with Crippen LogP contribution in [0.15, 0.2) is 30.3 Å².